The predicted molar refractivity (Wildman–Crippen MR) is 141 cm³/mol. The van der Waals surface area contributed by atoms with Crippen molar-refractivity contribution in [2.45, 2.75) is 74.7 Å². The monoisotopic (exact) mass is 434 g/mol. The minimum absolute atomic E-state index is 0.938. The lowest BCUT2D eigenvalue weighted by atomic mass is 10.3. The summed E-state index contributed by atoms with van der Waals surface area (Å²) in [5.74, 6) is 4.20. The Morgan fingerprint density at radius 1 is 0.636 bits per heavy atom. The zero-order chi connectivity index (χ0) is 25.3. The van der Waals surface area contributed by atoms with E-state index in [1.54, 1.807) is 0 Å². The Morgan fingerprint density at radius 2 is 0.909 bits per heavy atom. The van der Waals surface area contributed by atoms with Crippen LogP contribution >= 0.6 is 0 Å². The SMILES string of the molecule is C/C=C\C.C=C=C=C=C=C=C=C=C=C=C=C=C=C=C=C(C)CC.CC1CC1C.C[C@@H]1C[C@@H]1C. The Labute approximate surface area is 202 Å². The van der Waals surface area contributed by atoms with E-state index >= 15 is 0 Å². The van der Waals surface area contributed by atoms with Crippen LogP contribution in [0.3, 0.4) is 0 Å². The van der Waals surface area contributed by atoms with Gasteiger partial charge in [0.2, 0.25) is 0 Å². The molecule has 2 aliphatic rings. The summed E-state index contributed by atoms with van der Waals surface area (Å²) in [6.07, 6.45) is 7.88. The van der Waals surface area contributed by atoms with Gasteiger partial charge in [0.1, 0.15) is 0 Å². The lowest BCUT2D eigenvalue weighted by molar-refractivity contribution is 0.834. The van der Waals surface area contributed by atoms with Crippen LogP contribution in [0.25, 0.3) is 0 Å². The second-order valence-corrected chi connectivity index (χ2v) is 7.98. The molecule has 0 aromatic heterocycles. The predicted octanol–water partition coefficient (Wildman–Crippen LogP) is 9.05. The maximum Gasteiger partial charge on any atom is -0.00000000000926 e. The molecule has 0 aromatic rings. The maximum atomic E-state index is 3.31. The maximum absolute atomic E-state index is 3.31. The molecular weight excluding hydrogens is 396 g/mol. The van der Waals surface area contributed by atoms with Crippen LogP contribution in [0.1, 0.15) is 74.7 Å². The third-order valence-electron chi connectivity index (χ3n) is 4.94. The minimum Gasteiger partial charge on any atom is -0.0919 e. The van der Waals surface area contributed by atoms with Crippen molar-refractivity contribution in [3.63, 3.8) is 0 Å². The smallest absolute Gasteiger partial charge is 0.00000000000926 e. The van der Waals surface area contributed by atoms with Gasteiger partial charge in [0, 0.05) is 0 Å². The van der Waals surface area contributed by atoms with E-state index in [-0.39, 0.29) is 0 Å². The van der Waals surface area contributed by atoms with Crippen LogP contribution in [0.4, 0.5) is 0 Å². The first-order valence-corrected chi connectivity index (χ1v) is 11.5. The Hall–Kier alpha value is -3.60. The molecule has 0 heterocycles. The summed E-state index contributed by atoms with van der Waals surface area (Å²) < 4.78 is 0. The van der Waals surface area contributed by atoms with Gasteiger partial charge in [-0.3, -0.25) is 0 Å². The molecule has 2 fully saturated rings. The van der Waals surface area contributed by atoms with Crippen LogP contribution in [0.5, 0.6) is 0 Å². The zero-order valence-electron chi connectivity index (χ0n) is 21.8. The van der Waals surface area contributed by atoms with Crippen molar-refractivity contribution in [2.24, 2.45) is 23.7 Å². The number of hydrogen-bond donors (Lipinski definition) is 0. The molecule has 0 saturated heterocycles. The van der Waals surface area contributed by atoms with Gasteiger partial charge in [-0.1, -0.05) is 58.2 Å². The first-order chi connectivity index (χ1) is 15.8. The molecule has 33 heavy (non-hydrogen) atoms. The van der Waals surface area contributed by atoms with E-state index in [2.05, 4.69) is 115 Å². The summed E-state index contributed by atoms with van der Waals surface area (Å²) in [6, 6.07) is 0. The number of rotatable bonds is 1. The Balaban J connectivity index is 0. The highest BCUT2D eigenvalue weighted by molar-refractivity contribution is 4.97. The second-order valence-electron chi connectivity index (χ2n) is 7.98. The topological polar surface area (TPSA) is 0 Å². The van der Waals surface area contributed by atoms with Gasteiger partial charge in [0.25, 0.3) is 0 Å². The molecule has 170 valence electrons. The highest BCUT2D eigenvalue weighted by Gasteiger charge is 2.26. The van der Waals surface area contributed by atoms with Gasteiger partial charge >= 0.3 is 0 Å². The summed E-state index contributed by atoms with van der Waals surface area (Å²) >= 11 is 0. The quantitative estimate of drug-likeness (QED) is 0.285. The van der Waals surface area contributed by atoms with E-state index in [9.17, 15) is 0 Å². The summed E-state index contributed by atoms with van der Waals surface area (Å²) in [7, 11) is 0. The van der Waals surface area contributed by atoms with E-state index in [1.165, 1.54) is 12.8 Å². The summed E-state index contributed by atoms with van der Waals surface area (Å²) in [5.41, 5.74) is 36.9. The Morgan fingerprint density at radius 3 is 1.12 bits per heavy atom. The van der Waals surface area contributed by atoms with Crippen LogP contribution in [-0.2, 0) is 0 Å². The minimum atomic E-state index is 0.938. The molecule has 2 saturated carbocycles. The average Bonchev–Trinajstić information content (AvgIpc) is 3.69. The fourth-order valence-electron chi connectivity index (χ4n) is 1.60. The van der Waals surface area contributed by atoms with Gasteiger partial charge < -0.3 is 0 Å². The molecule has 0 nitrogen and oxygen atoms in total. The molecule has 0 radical (unpaired) electrons. The zero-order valence-corrected chi connectivity index (χ0v) is 21.8. The Kier molecular flexibility index (Phi) is 22.1. The Bertz CT molecular complexity index is 1110. The first-order valence-electron chi connectivity index (χ1n) is 11.5. The summed E-state index contributed by atoms with van der Waals surface area (Å²) in [6.45, 7) is 20.5. The van der Waals surface area contributed by atoms with E-state index in [0.717, 1.165) is 35.7 Å². The van der Waals surface area contributed by atoms with Gasteiger partial charge in [-0.2, -0.15) is 0 Å². The van der Waals surface area contributed by atoms with Crippen LogP contribution in [0.15, 0.2) is 105 Å². The van der Waals surface area contributed by atoms with Gasteiger partial charge in [0.05, 0.1) is 0 Å². The largest absolute Gasteiger partial charge is 0.0919 e. The lowest BCUT2D eigenvalue weighted by Gasteiger charge is -1.79. The highest BCUT2D eigenvalue weighted by atomic mass is 14.3. The van der Waals surface area contributed by atoms with Crippen molar-refractivity contribution in [1.29, 1.82) is 0 Å². The molecule has 0 spiro atoms. The van der Waals surface area contributed by atoms with Crippen molar-refractivity contribution < 1.29 is 0 Å². The van der Waals surface area contributed by atoms with Crippen LogP contribution in [0, 0.1) is 23.7 Å². The molecule has 0 amide bonds. The van der Waals surface area contributed by atoms with Gasteiger partial charge in [-0.25, -0.2) is 0 Å². The van der Waals surface area contributed by atoms with Crippen molar-refractivity contribution >= 4 is 0 Å². The van der Waals surface area contributed by atoms with Crippen LogP contribution in [-0.4, -0.2) is 0 Å². The molecule has 0 heteroatoms. The highest BCUT2D eigenvalue weighted by Crippen LogP contribution is 2.36. The number of allylic oxidation sites excluding steroid dienone is 3. The normalized spacial score (nSPS) is 18.9. The third-order valence-corrected chi connectivity index (χ3v) is 4.94. The van der Waals surface area contributed by atoms with Gasteiger partial charge in [-0.05, 0) is 145 Å². The van der Waals surface area contributed by atoms with Crippen molar-refractivity contribution in [3.05, 3.63) is 105 Å². The van der Waals surface area contributed by atoms with Crippen molar-refractivity contribution in [2.75, 3.05) is 0 Å². The fourth-order valence-corrected chi connectivity index (χ4v) is 1.60. The van der Waals surface area contributed by atoms with Crippen LogP contribution in [0.2, 0.25) is 0 Å². The molecule has 2 aliphatic carbocycles. The molecule has 0 aromatic carbocycles. The standard InChI is InChI=1S/C19H10.2C5H10.C4H8/c1-4-6-7-8-9-10-11-12-13-14-15-16-17-18-19(3)5-2;2*1-4-3-5(4)2;1-3-4-2/h1,5H2,2-3H3;2*4-5H,3H2,1-2H3;3-4H,1-2H3/b;;;4-3-/t;4-,5+;;. The molecule has 2 rings (SSSR count). The van der Waals surface area contributed by atoms with E-state index < -0.39 is 0 Å². The molecule has 4 atom stereocenters. The summed E-state index contributed by atoms with van der Waals surface area (Å²) in [5, 5.41) is 0. The third kappa shape index (κ3) is 28.4. The summed E-state index contributed by atoms with van der Waals surface area (Å²) in [4.78, 5) is 0. The number of hydrogen-bond acceptors (Lipinski definition) is 0. The van der Waals surface area contributed by atoms with E-state index in [0.29, 0.717) is 0 Å². The molecule has 0 bridgehead atoms. The molecule has 0 N–H and O–H groups in total. The molecular formula is C33H38. The van der Waals surface area contributed by atoms with Crippen molar-refractivity contribution in [3.8, 4) is 0 Å². The molecule has 2 unspecified atom stereocenters. The van der Waals surface area contributed by atoms with Crippen LogP contribution < -0.4 is 0 Å². The first kappa shape index (κ1) is 31.6. The average molecular weight is 435 g/mol. The van der Waals surface area contributed by atoms with E-state index in [4.69, 9.17) is 0 Å². The van der Waals surface area contributed by atoms with Gasteiger partial charge in [-0.15, -0.1) is 0 Å². The van der Waals surface area contributed by atoms with Gasteiger partial charge in [0.15, 0.2) is 0 Å². The second kappa shape index (κ2) is 23.1. The van der Waals surface area contributed by atoms with E-state index in [1.807, 2.05) is 39.8 Å². The molecule has 0 aliphatic heterocycles. The van der Waals surface area contributed by atoms with Crippen molar-refractivity contribution in [1.82, 2.24) is 0 Å². The lowest BCUT2D eigenvalue weighted by Crippen LogP contribution is -1.61. The fraction of sp³-hybridized carbons (Fsp3) is 0.455.